The van der Waals surface area contributed by atoms with E-state index in [1.54, 1.807) is 0 Å². The number of benzene rings is 1. The van der Waals surface area contributed by atoms with Crippen molar-refractivity contribution in [3.8, 4) is 0 Å². The van der Waals surface area contributed by atoms with Gasteiger partial charge in [-0.1, -0.05) is 31.5 Å². The second kappa shape index (κ2) is 9.30. The fourth-order valence-corrected chi connectivity index (χ4v) is 4.66. The number of nitrogens with zero attached hydrogens (tertiary/aromatic N) is 2. The Kier molecular flexibility index (Phi) is 6.94. The first kappa shape index (κ1) is 23.1. The van der Waals surface area contributed by atoms with Crippen molar-refractivity contribution in [2.45, 2.75) is 66.9 Å². The summed E-state index contributed by atoms with van der Waals surface area (Å²) in [6, 6.07) is 4.35. The second-order valence-electron chi connectivity index (χ2n) is 8.83. The summed E-state index contributed by atoms with van der Waals surface area (Å²) >= 11 is 0. The van der Waals surface area contributed by atoms with Crippen LogP contribution in [0.25, 0.3) is 0 Å². The Labute approximate surface area is 184 Å². The smallest absolute Gasteiger partial charge is 0.303 e. The molecule has 2 aliphatic heterocycles. The number of ether oxygens (including phenoxy) is 3. The topological polar surface area (TPSA) is 68.3 Å². The molecular weight excluding hydrogens is 396 g/mol. The maximum atomic E-state index is 11.8. The molecule has 31 heavy (non-hydrogen) atoms. The Balaban J connectivity index is 1.83. The quantitative estimate of drug-likeness (QED) is 0.661. The van der Waals surface area contributed by atoms with Crippen LogP contribution in [0.1, 0.15) is 44.4 Å². The molecule has 5 unspecified atom stereocenters. The Morgan fingerprint density at radius 2 is 1.68 bits per heavy atom. The van der Waals surface area contributed by atoms with E-state index in [1.165, 1.54) is 36.2 Å². The first-order valence-electron chi connectivity index (χ1n) is 10.8. The van der Waals surface area contributed by atoms with Crippen LogP contribution in [-0.4, -0.2) is 48.5 Å². The molecule has 0 radical (unpaired) electrons. The SMILES string of the molecule is CC(=O)OCC1OC(N2C=CN(c3c(C)cc(C)cc3C)C2)C(OC(C)=O)C(C)C1C. The zero-order chi connectivity index (χ0) is 22.9. The number of hydrogen-bond acceptors (Lipinski definition) is 7. The molecule has 2 heterocycles. The van der Waals surface area contributed by atoms with E-state index in [0.29, 0.717) is 6.67 Å². The number of anilines is 1. The van der Waals surface area contributed by atoms with Gasteiger partial charge in [-0.25, -0.2) is 0 Å². The van der Waals surface area contributed by atoms with Crippen LogP contribution >= 0.6 is 0 Å². The molecule has 1 aromatic carbocycles. The largest absolute Gasteiger partial charge is 0.463 e. The molecule has 1 aromatic rings. The third-order valence-corrected chi connectivity index (χ3v) is 6.29. The van der Waals surface area contributed by atoms with Gasteiger partial charge >= 0.3 is 11.9 Å². The standard InChI is InChI=1S/C24H34N2O5/c1-14-10-15(2)22(16(3)11-14)25-8-9-26(13-25)24-23(30-20(7)28)18(5)17(4)21(31-24)12-29-19(6)27/h8-11,17-18,21,23-24H,12-13H2,1-7H3. The minimum atomic E-state index is -0.469. The van der Waals surface area contributed by atoms with E-state index >= 15 is 0 Å². The number of rotatable bonds is 5. The molecule has 7 nitrogen and oxygen atoms in total. The highest BCUT2D eigenvalue weighted by Crippen LogP contribution is 2.37. The van der Waals surface area contributed by atoms with Crippen LogP contribution in [0.4, 0.5) is 5.69 Å². The Bertz CT molecular complexity index is 843. The van der Waals surface area contributed by atoms with E-state index in [1.807, 2.05) is 19.3 Å². The van der Waals surface area contributed by atoms with Crippen LogP contribution in [-0.2, 0) is 23.8 Å². The summed E-state index contributed by atoms with van der Waals surface area (Å²) in [5.41, 5.74) is 4.82. The number of esters is 2. The van der Waals surface area contributed by atoms with Crippen molar-refractivity contribution in [1.82, 2.24) is 4.90 Å². The molecule has 0 aromatic heterocycles. The molecule has 0 N–H and O–H groups in total. The fraction of sp³-hybridized carbons (Fsp3) is 0.583. The van der Waals surface area contributed by atoms with Crippen LogP contribution in [0, 0.1) is 32.6 Å². The van der Waals surface area contributed by atoms with Crippen molar-refractivity contribution in [2.75, 3.05) is 18.2 Å². The van der Waals surface area contributed by atoms with Gasteiger partial charge in [0.05, 0.1) is 12.8 Å². The van der Waals surface area contributed by atoms with E-state index in [-0.39, 0.29) is 36.5 Å². The molecule has 0 amide bonds. The lowest BCUT2D eigenvalue weighted by molar-refractivity contribution is -0.231. The third kappa shape index (κ3) is 5.03. The van der Waals surface area contributed by atoms with Gasteiger partial charge < -0.3 is 24.0 Å². The predicted octanol–water partition coefficient (Wildman–Crippen LogP) is 3.65. The molecular formula is C24H34N2O5. The zero-order valence-corrected chi connectivity index (χ0v) is 19.5. The van der Waals surface area contributed by atoms with Gasteiger partial charge in [0.15, 0.2) is 6.23 Å². The summed E-state index contributed by atoms with van der Waals surface area (Å²) in [6.45, 7) is 14.0. The molecule has 0 aliphatic carbocycles. The number of carbonyl (C=O) groups is 2. The Morgan fingerprint density at radius 3 is 2.26 bits per heavy atom. The maximum Gasteiger partial charge on any atom is 0.303 e. The Morgan fingerprint density at radius 1 is 1.03 bits per heavy atom. The normalized spacial score (nSPS) is 28.0. The van der Waals surface area contributed by atoms with Crippen LogP contribution in [0.2, 0.25) is 0 Å². The number of aryl methyl sites for hydroxylation is 3. The fourth-order valence-electron chi connectivity index (χ4n) is 4.66. The van der Waals surface area contributed by atoms with E-state index < -0.39 is 12.3 Å². The molecule has 170 valence electrons. The number of hydrogen-bond donors (Lipinski definition) is 0. The predicted molar refractivity (Wildman–Crippen MR) is 118 cm³/mol. The molecule has 5 atom stereocenters. The second-order valence-corrected chi connectivity index (χ2v) is 8.83. The van der Waals surface area contributed by atoms with Crippen molar-refractivity contribution in [2.24, 2.45) is 11.8 Å². The minimum absolute atomic E-state index is 0.0357. The maximum absolute atomic E-state index is 11.8. The van der Waals surface area contributed by atoms with E-state index in [2.05, 4.69) is 49.6 Å². The van der Waals surface area contributed by atoms with Gasteiger partial charge in [-0.2, -0.15) is 0 Å². The van der Waals surface area contributed by atoms with Crippen molar-refractivity contribution < 1.29 is 23.8 Å². The highest BCUT2D eigenvalue weighted by Gasteiger charge is 2.46. The molecule has 0 spiro atoms. The van der Waals surface area contributed by atoms with Gasteiger partial charge in [0, 0.05) is 37.9 Å². The lowest BCUT2D eigenvalue weighted by atomic mass is 9.83. The first-order valence-corrected chi connectivity index (χ1v) is 10.8. The van der Waals surface area contributed by atoms with E-state index in [4.69, 9.17) is 14.2 Å². The van der Waals surface area contributed by atoms with E-state index in [0.717, 1.165) is 0 Å². The van der Waals surface area contributed by atoms with Gasteiger partial charge in [0.1, 0.15) is 12.7 Å². The average Bonchev–Trinajstić information content (AvgIpc) is 3.13. The van der Waals surface area contributed by atoms with Gasteiger partial charge in [-0.05, 0) is 37.8 Å². The monoisotopic (exact) mass is 430 g/mol. The average molecular weight is 431 g/mol. The highest BCUT2D eigenvalue weighted by molar-refractivity contribution is 5.66. The van der Waals surface area contributed by atoms with Gasteiger partial charge in [-0.3, -0.25) is 9.59 Å². The van der Waals surface area contributed by atoms with Crippen molar-refractivity contribution in [1.29, 1.82) is 0 Å². The highest BCUT2D eigenvalue weighted by atomic mass is 16.6. The molecule has 1 saturated heterocycles. The van der Waals surface area contributed by atoms with E-state index in [9.17, 15) is 9.59 Å². The Hall–Kier alpha value is -2.54. The summed E-state index contributed by atoms with van der Waals surface area (Å²) in [6.07, 6.45) is 2.84. The van der Waals surface area contributed by atoms with Gasteiger partial charge in [0.2, 0.25) is 0 Å². The number of carbonyl (C=O) groups excluding carboxylic acids is 2. The summed E-state index contributed by atoms with van der Waals surface area (Å²) < 4.78 is 17.3. The molecule has 0 saturated carbocycles. The van der Waals surface area contributed by atoms with Crippen LogP contribution in [0.5, 0.6) is 0 Å². The summed E-state index contributed by atoms with van der Waals surface area (Å²) in [5.74, 6) is -0.571. The van der Waals surface area contributed by atoms with Crippen LogP contribution in [0.15, 0.2) is 24.5 Å². The van der Waals surface area contributed by atoms with Gasteiger partial charge in [0.25, 0.3) is 0 Å². The zero-order valence-electron chi connectivity index (χ0n) is 19.5. The molecule has 3 rings (SSSR count). The lowest BCUT2D eigenvalue weighted by Gasteiger charge is -2.46. The van der Waals surface area contributed by atoms with Crippen molar-refractivity contribution in [3.63, 3.8) is 0 Å². The van der Waals surface area contributed by atoms with Crippen molar-refractivity contribution in [3.05, 3.63) is 41.2 Å². The first-order chi connectivity index (χ1) is 14.6. The van der Waals surface area contributed by atoms with Crippen LogP contribution in [0.3, 0.4) is 0 Å². The third-order valence-electron chi connectivity index (χ3n) is 6.29. The molecule has 1 fully saturated rings. The van der Waals surface area contributed by atoms with Crippen LogP contribution < -0.4 is 4.90 Å². The molecule has 0 bridgehead atoms. The van der Waals surface area contributed by atoms with Crippen molar-refractivity contribution >= 4 is 17.6 Å². The molecule has 2 aliphatic rings. The minimum Gasteiger partial charge on any atom is -0.463 e. The molecule has 7 heteroatoms. The summed E-state index contributed by atoms with van der Waals surface area (Å²) in [5, 5.41) is 0. The van der Waals surface area contributed by atoms with Gasteiger partial charge in [-0.15, -0.1) is 0 Å². The lowest BCUT2D eigenvalue weighted by Crippen LogP contribution is -2.58. The summed E-state index contributed by atoms with van der Waals surface area (Å²) in [7, 11) is 0. The summed E-state index contributed by atoms with van der Waals surface area (Å²) in [4.78, 5) is 27.4.